The maximum Gasteiger partial charge on any atom is 0.134 e. The first-order chi connectivity index (χ1) is 16.9. The topological polar surface area (TPSA) is 57.3 Å². The number of quaternary nitrogens is 2. The van der Waals surface area contributed by atoms with Crippen LogP contribution in [0.1, 0.15) is 44.7 Å². The number of rotatable bonds is 10. The summed E-state index contributed by atoms with van der Waals surface area (Å²) < 4.78 is 0. The average molecular weight is 467 g/mol. The molecule has 0 bridgehead atoms. The molecule has 0 radical (unpaired) electrons. The maximum atomic E-state index is 3.50. The molecule has 4 aromatic rings. The van der Waals surface area contributed by atoms with Crippen LogP contribution in [0.4, 0.5) is 34.1 Å². The highest BCUT2D eigenvalue weighted by molar-refractivity contribution is 5.62. The standard InChI is InChI=1S/C31H36N4/c1-22(2)25-7-11-27(12-8-25)34-29-15-19-31(20-16-29)35-30-17-13-28(14-18-30)33-26-9-5-24(6-10-26)21-32-23(3)4/h5-20,22-23,32-35H,21H2,1-4H3/p+2. The van der Waals surface area contributed by atoms with Gasteiger partial charge in [-0.1, -0.05) is 52.0 Å². The van der Waals surface area contributed by atoms with Gasteiger partial charge in [-0.2, -0.15) is 0 Å². The lowest BCUT2D eigenvalue weighted by Crippen LogP contribution is -2.70. The molecule has 0 saturated carbocycles. The van der Waals surface area contributed by atoms with E-state index in [1.165, 1.54) is 33.9 Å². The minimum Gasteiger partial charge on any atom is -0.356 e. The number of nitrogens with two attached hydrogens (primary N) is 2. The van der Waals surface area contributed by atoms with Gasteiger partial charge in [0.05, 0.1) is 0 Å². The fourth-order valence-corrected chi connectivity index (χ4v) is 3.91. The van der Waals surface area contributed by atoms with Gasteiger partial charge in [0.2, 0.25) is 0 Å². The smallest absolute Gasteiger partial charge is 0.134 e. The summed E-state index contributed by atoms with van der Waals surface area (Å²) in [7, 11) is 0. The van der Waals surface area contributed by atoms with E-state index in [4.69, 9.17) is 0 Å². The Morgan fingerprint density at radius 3 is 1.34 bits per heavy atom. The molecule has 35 heavy (non-hydrogen) atoms. The molecule has 6 N–H and O–H groups in total. The molecule has 0 heterocycles. The van der Waals surface area contributed by atoms with Gasteiger partial charge in [-0.05, 0) is 65.6 Å². The summed E-state index contributed by atoms with van der Waals surface area (Å²) in [4.78, 5) is 0. The third-order valence-corrected chi connectivity index (χ3v) is 6.07. The van der Waals surface area contributed by atoms with Crippen LogP contribution >= 0.6 is 0 Å². The van der Waals surface area contributed by atoms with Crippen molar-refractivity contribution in [3.8, 4) is 0 Å². The minimum absolute atomic E-state index is 0.497. The van der Waals surface area contributed by atoms with Crippen LogP contribution in [0.3, 0.4) is 0 Å². The number of hydrogen-bond acceptors (Lipinski definition) is 2. The van der Waals surface area contributed by atoms with Gasteiger partial charge in [0.25, 0.3) is 0 Å². The van der Waals surface area contributed by atoms with Gasteiger partial charge < -0.3 is 10.6 Å². The number of anilines is 2. The Balaban J connectivity index is 1.29. The Morgan fingerprint density at radius 2 is 0.943 bits per heavy atom. The van der Waals surface area contributed by atoms with E-state index >= 15 is 0 Å². The predicted molar refractivity (Wildman–Crippen MR) is 148 cm³/mol. The fraction of sp³-hybridized carbons (Fsp3) is 0.226. The molecule has 0 aliphatic heterocycles. The first kappa shape index (κ1) is 24.7. The van der Waals surface area contributed by atoms with Crippen LogP contribution in [0.5, 0.6) is 0 Å². The zero-order chi connectivity index (χ0) is 24.6. The van der Waals surface area contributed by atoms with Crippen molar-refractivity contribution in [1.29, 1.82) is 0 Å². The van der Waals surface area contributed by atoms with Gasteiger partial charge >= 0.3 is 0 Å². The number of nitrogens with one attached hydrogen (secondary N) is 2. The molecule has 0 aliphatic carbocycles. The molecule has 4 nitrogen and oxygen atoms in total. The average Bonchev–Trinajstić information content (AvgIpc) is 2.86. The van der Waals surface area contributed by atoms with Crippen molar-refractivity contribution in [1.82, 2.24) is 5.32 Å². The lowest BCUT2D eigenvalue weighted by Gasteiger charge is -2.09. The van der Waals surface area contributed by atoms with Crippen molar-refractivity contribution >= 4 is 34.1 Å². The molecule has 0 amide bonds. The molecular formula is C31H38N4+2. The fourth-order valence-electron chi connectivity index (χ4n) is 3.91. The molecule has 0 aliphatic rings. The van der Waals surface area contributed by atoms with Gasteiger partial charge in [-0.25, -0.2) is 0 Å². The zero-order valence-electron chi connectivity index (χ0n) is 21.3. The van der Waals surface area contributed by atoms with Crippen molar-refractivity contribution in [2.75, 3.05) is 5.32 Å². The molecule has 4 heteroatoms. The Hall–Kier alpha value is -3.44. The van der Waals surface area contributed by atoms with Crippen LogP contribution in [0, 0.1) is 0 Å². The first-order valence-corrected chi connectivity index (χ1v) is 12.5. The zero-order valence-corrected chi connectivity index (χ0v) is 21.3. The van der Waals surface area contributed by atoms with Crippen LogP contribution < -0.4 is 21.3 Å². The molecule has 0 aromatic heterocycles. The summed E-state index contributed by atoms with van der Waals surface area (Å²) in [6, 6.07) is 35.2. The number of hydrogen-bond donors (Lipinski definition) is 4. The monoisotopic (exact) mass is 466 g/mol. The summed E-state index contributed by atoms with van der Waals surface area (Å²) in [6.45, 7) is 9.69. The van der Waals surface area contributed by atoms with Crippen LogP contribution in [-0.2, 0) is 6.54 Å². The predicted octanol–water partition coefficient (Wildman–Crippen LogP) is 6.10. The second-order valence-corrected chi connectivity index (χ2v) is 9.76. The summed E-state index contributed by atoms with van der Waals surface area (Å²) in [5.41, 5.74) is 9.67. The van der Waals surface area contributed by atoms with E-state index in [1.54, 1.807) is 0 Å². The Bertz CT molecular complexity index is 1180. The molecule has 0 atom stereocenters. The summed E-state index contributed by atoms with van der Waals surface area (Å²) >= 11 is 0. The van der Waals surface area contributed by atoms with E-state index in [0.717, 1.165) is 17.9 Å². The van der Waals surface area contributed by atoms with Crippen LogP contribution in [0.25, 0.3) is 0 Å². The summed E-state index contributed by atoms with van der Waals surface area (Å²) in [5, 5.41) is 11.4. The molecule has 4 aromatic carbocycles. The second-order valence-electron chi connectivity index (χ2n) is 9.76. The van der Waals surface area contributed by atoms with E-state index in [1.807, 2.05) is 0 Å². The van der Waals surface area contributed by atoms with Gasteiger partial charge in [-0.15, -0.1) is 0 Å². The van der Waals surface area contributed by atoms with Gasteiger partial charge in [0, 0.05) is 48.2 Å². The highest BCUT2D eigenvalue weighted by Crippen LogP contribution is 2.20. The maximum absolute atomic E-state index is 3.50. The molecule has 180 valence electrons. The first-order valence-electron chi connectivity index (χ1n) is 12.5. The molecule has 4 rings (SSSR count). The van der Waals surface area contributed by atoms with Gasteiger partial charge in [0.1, 0.15) is 22.7 Å². The Kier molecular flexibility index (Phi) is 8.32. The molecular weight excluding hydrogens is 428 g/mol. The van der Waals surface area contributed by atoms with Crippen LogP contribution in [0.2, 0.25) is 0 Å². The molecule has 0 saturated heterocycles. The highest BCUT2D eigenvalue weighted by Gasteiger charge is 2.05. The summed E-state index contributed by atoms with van der Waals surface area (Å²) in [5.74, 6) is 0.560. The van der Waals surface area contributed by atoms with Crippen molar-refractivity contribution in [3.05, 3.63) is 108 Å². The van der Waals surface area contributed by atoms with Crippen molar-refractivity contribution in [2.45, 2.75) is 46.2 Å². The minimum atomic E-state index is 0.497. The Morgan fingerprint density at radius 1 is 0.543 bits per heavy atom. The molecule has 0 unspecified atom stereocenters. The van der Waals surface area contributed by atoms with Crippen molar-refractivity contribution in [2.24, 2.45) is 0 Å². The van der Waals surface area contributed by atoms with E-state index in [-0.39, 0.29) is 0 Å². The van der Waals surface area contributed by atoms with E-state index in [9.17, 15) is 0 Å². The van der Waals surface area contributed by atoms with Crippen LogP contribution in [-0.4, -0.2) is 6.04 Å². The molecule has 0 fully saturated rings. The van der Waals surface area contributed by atoms with Crippen molar-refractivity contribution < 1.29 is 10.6 Å². The lowest BCUT2D eigenvalue weighted by molar-refractivity contribution is -0.479. The van der Waals surface area contributed by atoms with Gasteiger partial charge in [0.15, 0.2) is 0 Å². The third-order valence-electron chi connectivity index (χ3n) is 6.07. The quantitative estimate of drug-likeness (QED) is 0.213. The number of benzene rings is 4. The summed E-state index contributed by atoms with van der Waals surface area (Å²) in [6.07, 6.45) is 0. The largest absolute Gasteiger partial charge is 0.356 e. The SMILES string of the molecule is CC(C)NCc1ccc([NH2+]c2ccc(Nc3ccc([NH2+]c4ccc(C(C)C)cc4)cc3)cc2)cc1. The van der Waals surface area contributed by atoms with E-state index < -0.39 is 0 Å². The Labute approximate surface area is 209 Å². The molecule has 0 spiro atoms. The highest BCUT2D eigenvalue weighted by atomic mass is 14.9. The normalized spacial score (nSPS) is 11.3. The van der Waals surface area contributed by atoms with E-state index in [2.05, 4.69) is 146 Å². The van der Waals surface area contributed by atoms with Gasteiger partial charge in [-0.3, -0.25) is 10.6 Å². The lowest BCUT2D eigenvalue weighted by atomic mass is 10.0. The van der Waals surface area contributed by atoms with E-state index in [0.29, 0.717) is 12.0 Å². The second kappa shape index (κ2) is 11.8. The van der Waals surface area contributed by atoms with Crippen LogP contribution in [0.15, 0.2) is 97.1 Å². The third kappa shape index (κ3) is 7.52. The van der Waals surface area contributed by atoms with Crippen molar-refractivity contribution in [3.63, 3.8) is 0 Å².